The molecule has 7 nitrogen and oxygen atoms in total. The molecule has 0 aliphatic heterocycles. The summed E-state index contributed by atoms with van der Waals surface area (Å²) in [6.07, 6.45) is 0.838. The van der Waals surface area contributed by atoms with Gasteiger partial charge in [-0.3, -0.25) is 14.9 Å². The second-order valence-corrected chi connectivity index (χ2v) is 8.19. The third-order valence-electron chi connectivity index (χ3n) is 5.08. The first kappa shape index (κ1) is 25.7. The number of anilines is 1. The van der Waals surface area contributed by atoms with Gasteiger partial charge in [-0.05, 0) is 68.0 Å². The van der Waals surface area contributed by atoms with E-state index in [1.54, 1.807) is 48.5 Å². The fourth-order valence-corrected chi connectivity index (χ4v) is 3.30. The minimum Gasteiger partial charge on any atom is -0.490 e. The standard InChI is InChI=1S/C27H29N3O4S/c1-3-19(2)28-25(31)20-10-9-11-21(18-20)29-27(35)30-26(32)23-14-7-8-15-24(23)34-17-16-33-22-12-5-4-6-13-22/h4-15,18-19H,3,16-17H2,1-2H3,(H,28,31)(H2,29,30,32,35). The second kappa shape index (κ2) is 13.1. The van der Waals surface area contributed by atoms with Crippen LogP contribution in [0.15, 0.2) is 78.9 Å². The maximum Gasteiger partial charge on any atom is 0.261 e. The second-order valence-electron chi connectivity index (χ2n) is 7.78. The summed E-state index contributed by atoms with van der Waals surface area (Å²) in [4.78, 5) is 25.2. The average molecular weight is 492 g/mol. The number of hydrogen-bond acceptors (Lipinski definition) is 5. The fourth-order valence-electron chi connectivity index (χ4n) is 3.09. The highest BCUT2D eigenvalue weighted by molar-refractivity contribution is 7.80. The van der Waals surface area contributed by atoms with Crippen molar-refractivity contribution in [1.29, 1.82) is 0 Å². The van der Waals surface area contributed by atoms with Gasteiger partial charge in [0.25, 0.3) is 11.8 Å². The lowest BCUT2D eigenvalue weighted by atomic mass is 10.1. The van der Waals surface area contributed by atoms with E-state index in [1.165, 1.54) is 0 Å². The predicted molar refractivity (Wildman–Crippen MR) is 141 cm³/mol. The third kappa shape index (κ3) is 8.12. The Morgan fingerprint density at radius 3 is 2.37 bits per heavy atom. The Morgan fingerprint density at radius 1 is 0.886 bits per heavy atom. The first-order valence-corrected chi connectivity index (χ1v) is 11.8. The largest absolute Gasteiger partial charge is 0.490 e. The molecule has 3 aromatic rings. The van der Waals surface area contributed by atoms with Crippen LogP contribution in [0.2, 0.25) is 0 Å². The van der Waals surface area contributed by atoms with Crippen molar-refractivity contribution in [3.8, 4) is 11.5 Å². The molecule has 0 spiro atoms. The number of benzene rings is 3. The van der Waals surface area contributed by atoms with Crippen LogP contribution >= 0.6 is 12.2 Å². The molecule has 0 aromatic heterocycles. The number of carbonyl (C=O) groups excluding carboxylic acids is 2. The van der Waals surface area contributed by atoms with Gasteiger partial charge in [0.15, 0.2) is 5.11 Å². The number of nitrogens with one attached hydrogen (secondary N) is 3. The normalized spacial score (nSPS) is 11.1. The molecule has 1 atom stereocenters. The summed E-state index contributed by atoms with van der Waals surface area (Å²) in [5.41, 5.74) is 1.44. The topological polar surface area (TPSA) is 88.7 Å². The van der Waals surface area contributed by atoms with E-state index in [9.17, 15) is 9.59 Å². The molecule has 0 aliphatic carbocycles. The van der Waals surface area contributed by atoms with Crippen LogP contribution in [0, 0.1) is 0 Å². The molecule has 0 aliphatic rings. The molecule has 0 saturated carbocycles. The molecule has 8 heteroatoms. The van der Waals surface area contributed by atoms with Crippen molar-refractivity contribution in [3.63, 3.8) is 0 Å². The number of para-hydroxylation sites is 2. The molecular formula is C27H29N3O4S. The predicted octanol–water partition coefficient (Wildman–Crippen LogP) is 4.80. The molecule has 1 unspecified atom stereocenters. The van der Waals surface area contributed by atoms with Crippen molar-refractivity contribution in [2.75, 3.05) is 18.5 Å². The van der Waals surface area contributed by atoms with E-state index >= 15 is 0 Å². The molecule has 3 aromatic carbocycles. The van der Waals surface area contributed by atoms with Crippen molar-refractivity contribution in [3.05, 3.63) is 90.0 Å². The Hall–Kier alpha value is -3.91. The summed E-state index contributed by atoms with van der Waals surface area (Å²) >= 11 is 5.31. The van der Waals surface area contributed by atoms with Crippen LogP contribution in [0.25, 0.3) is 0 Å². The highest BCUT2D eigenvalue weighted by Crippen LogP contribution is 2.18. The Balaban J connectivity index is 1.54. The van der Waals surface area contributed by atoms with Crippen LogP contribution in [0.3, 0.4) is 0 Å². The van der Waals surface area contributed by atoms with Gasteiger partial charge in [-0.2, -0.15) is 0 Å². The molecule has 3 rings (SSSR count). The quantitative estimate of drug-likeness (QED) is 0.279. The van der Waals surface area contributed by atoms with Crippen LogP contribution < -0.4 is 25.4 Å². The van der Waals surface area contributed by atoms with Crippen molar-refractivity contribution in [2.45, 2.75) is 26.3 Å². The van der Waals surface area contributed by atoms with Gasteiger partial charge in [0.05, 0.1) is 5.56 Å². The monoisotopic (exact) mass is 491 g/mol. The lowest BCUT2D eigenvalue weighted by Crippen LogP contribution is -2.34. The minimum absolute atomic E-state index is 0.0756. The summed E-state index contributed by atoms with van der Waals surface area (Å²) in [5.74, 6) is 0.598. The first-order valence-electron chi connectivity index (χ1n) is 11.4. The lowest BCUT2D eigenvalue weighted by molar-refractivity contribution is 0.0937. The molecule has 2 amide bonds. The van der Waals surface area contributed by atoms with E-state index in [0.29, 0.717) is 29.2 Å². The van der Waals surface area contributed by atoms with Gasteiger partial charge >= 0.3 is 0 Å². The van der Waals surface area contributed by atoms with Crippen LogP contribution in [0.4, 0.5) is 5.69 Å². The summed E-state index contributed by atoms with van der Waals surface area (Å²) in [6, 6.07) is 23.3. The van der Waals surface area contributed by atoms with E-state index in [0.717, 1.165) is 12.2 Å². The van der Waals surface area contributed by atoms with E-state index in [2.05, 4.69) is 16.0 Å². The number of hydrogen-bond donors (Lipinski definition) is 3. The molecule has 182 valence electrons. The van der Waals surface area contributed by atoms with Crippen molar-refractivity contribution in [2.24, 2.45) is 0 Å². The summed E-state index contributed by atoms with van der Waals surface area (Å²) in [5, 5.41) is 8.65. The first-order chi connectivity index (χ1) is 17.0. The molecule has 35 heavy (non-hydrogen) atoms. The summed E-state index contributed by atoms with van der Waals surface area (Å²) in [6.45, 7) is 4.56. The molecule has 3 N–H and O–H groups in total. The van der Waals surface area contributed by atoms with E-state index in [1.807, 2.05) is 44.2 Å². The van der Waals surface area contributed by atoms with Crippen molar-refractivity contribution < 1.29 is 19.1 Å². The Kier molecular flexibility index (Phi) is 9.62. The molecule has 0 fully saturated rings. The number of ether oxygens (including phenoxy) is 2. The lowest BCUT2D eigenvalue weighted by Gasteiger charge is -2.14. The fraction of sp³-hybridized carbons (Fsp3) is 0.222. The maximum atomic E-state index is 12.8. The van der Waals surface area contributed by atoms with E-state index in [4.69, 9.17) is 21.7 Å². The smallest absolute Gasteiger partial charge is 0.261 e. The van der Waals surface area contributed by atoms with Crippen molar-refractivity contribution in [1.82, 2.24) is 10.6 Å². The Morgan fingerprint density at radius 2 is 1.60 bits per heavy atom. The highest BCUT2D eigenvalue weighted by Gasteiger charge is 2.14. The molecule has 0 radical (unpaired) electrons. The average Bonchev–Trinajstić information content (AvgIpc) is 2.87. The van der Waals surface area contributed by atoms with Crippen molar-refractivity contribution >= 4 is 34.8 Å². The van der Waals surface area contributed by atoms with Gasteiger partial charge in [0.2, 0.25) is 0 Å². The number of carbonyl (C=O) groups is 2. The SMILES string of the molecule is CCC(C)NC(=O)c1cccc(NC(=S)NC(=O)c2ccccc2OCCOc2ccccc2)c1. The van der Waals surface area contributed by atoms with Gasteiger partial charge in [-0.15, -0.1) is 0 Å². The van der Waals surface area contributed by atoms with Crippen LogP contribution in [0.5, 0.6) is 11.5 Å². The summed E-state index contributed by atoms with van der Waals surface area (Å²) in [7, 11) is 0. The molecule has 0 bridgehead atoms. The maximum absolute atomic E-state index is 12.8. The van der Waals surface area contributed by atoms with E-state index in [-0.39, 0.29) is 23.7 Å². The number of amides is 2. The Labute approximate surface area is 210 Å². The van der Waals surface area contributed by atoms with Crippen LogP contribution in [-0.4, -0.2) is 36.2 Å². The van der Waals surface area contributed by atoms with Gasteiger partial charge in [0.1, 0.15) is 24.7 Å². The zero-order chi connectivity index (χ0) is 25.0. The summed E-state index contributed by atoms with van der Waals surface area (Å²) < 4.78 is 11.4. The number of thiocarbonyl (C=S) groups is 1. The van der Waals surface area contributed by atoms with Gasteiger partial charge in [-0.1, -0.05) is 43.3 Å². The van der Waals surface area contributed by atoms with Crippen LogP contribution in [-0.2, 0) is 0 Å². The van der Waals surface area contributed by atoms with Gasteiger partial charge < -0.3 is 20.1 Å². The molecular weight excluding hydrogens is 462 g/mol. The van der Waals surface area contributed by atoms with Crippen LogP contribution in [0.1, 0.15) is 41.0 Å². The Bertz CT molecular complexity index is 1150. The van der Waals surface area contributed by atoms with Gasteiger partial charge in [-0.25, -0.2) is 0 Å². The third-order valence-corrected chi connectivity index (χ3v) is 5.29. The van der Waals surface area contributed by atoms with Gasteiger partial charge in [0, 0.05) is 17.3 Å². The molecule has 0 saturated heterocycles. The number of rotatable bonds is 10. The zero-order valence-corrected chi connectivity index (χ0v) is 20.6. The molecule has 0 heterocycles. The highest BCUT2D eigenvalue weighted by atomic mass is 32.1. The minimum atomic E-state index is -0.409. The zero-order valence-electron chi connectivity index (χ0n) is 19.7. The van der Waals surface area contributed by atoms with E-state index < -0.39 is 5.91 Å².